The quantitative estimate of drug-likeness (QED) is 0.840. The molecular weight excluding hydrogens is 246 g/mol. The van der Waals surface area contributed by atoms with E-state index in [1.54, 1.807) is 6.08 Å². The summed E-state index contributed by atoms with van der Waals surface area (Å²) in [5.41, 5.74) is 8.18. The molecule has 0 atom stereocenters. The van der Waals surface area contributed by atoms with E-state index in [2.05, 4.69) is 0 Å². The highest BCUT2D eigenvalue weighted by atomic mass is 35.5. The van der Waals surface area contributed by atoms with Gasteiger partial charge in [-0.15, -0.1) is 0 Å². The van der Waals surface area contributed by atoms with Crippen LogP contribution in [0.1, 0.15) is 5.56 Å². The zero-order valence-corrected chi connectivity index (χ0v) is 10.4. The molecule has 0 heterocycles. The van der Waals surface area contributed by atoms with Gasteiger partial charge in [-0.05, 0) is 34.9 Å². The fraction of sp³-hybridized carbons (Fsp3) is 0. The van der Waals surface area contributed by atoms with E-state index in [0.29, 0.717) is 0 Å². The third-order valence-corrected chi connectivity index (χ3v) is 2.78. The molecule has 0 fully saturated rings. The Morgan fingerprint density at radius 1 is 0.944 bits per heavy atom. The molecule has 18 heavy (non-hydrogen) atoms. The van der Waals surface area contributed by atoms with Gasteiger partial charge in [-0.1, -0.05) is 48.0 Å². The normalized spacial score (nSPS) is 10.7. The molecule has 0 aliphatic rings. The van der Waals surface area contributed by atoms with Crippen molar-refractivity contribution in [1.29, 1.82) is 0 Å². The zero-order chi connectivity index (χ0) is 13.0. The van der Waals surface area contributed by atoms with Crippen molar-refractivity contribution in [2.45, 2.75) is 0 Å². The molecule has 0 saturated heterocycles. The first-order valence-corrected chi connectivity index (χ1v) is 5.86. The molecule has 3 heteroatoms. The van der Waals surface area contributed by atoms with Crippen molar-refractivity contribution in [3.05, 3.63) is 65.2 Å². The Balaban J connectivity index is 2.22. The van der Waals surface area contributed by atoms with Gasteiger partial charge in [-0.25, -0.2) is 0 Å². The Kier molecular flexibility index (Phi) is 3.80. The Morgan fingerprint density at radius 3 is 1.94 bits per heavy atom. The molecule has 0 aromatic heterocycles. The lowest BCUT2D eigenvalue weighted by Gasteiger charge is -2.02. The average molecular weight is 258 g/mol. The maximum absolute atomic E-state index is 10.6. The number of primary amides is 1. The third-order valence-electron chi connectivity index (χ3n) is 2.53. The van der Waals surface area contributed by atoms with Gasteiger partial charge >= 0.3 is 0 Å². The number of rotatable bonds is 3. The molecule has 2 aromatic carbocycles. The SMILES string of the molecule is NC(=O)C=Cc1ccc(-c2ccc(Cl)cc2)cc1. The molecule has 0 aliphatic heterocycles. The highest BCUT2D eigenvalue weighted by Gasteiger charge is 1.97. The first-order chi connectivity index (χ1) is 8.65. The molecule has 0 saturated carbocycles. The van der Waals surface area contributed by atoms with Crippen LogP contribution in [0.25, 0.3) is 17.2 Å². The Hall–Kier alpha value is -2.06. The average Bonchev–Trinajstić information content (AvgIpc) is 2.38. The van der Waals surface area contributed by atoms with Crippen LogP contribution in [0.3, 0.4) is 0 Å². The first kappa shape index (κ1) is 12.4. The summed E-state index contributed by atoms with van der Waals surface area (Å²) in [5, 5.41) is 0.722. The number of hydrogen-bond acceptors (Lipinski definition) is 1. The third kappa shape index (κ3) is 3.22. The smallest absolute Gasteiger partial charge is 0.241 e. The predicted molar refractivity (Wildman–Crippen MR) is 75.1 cm³/mol. The van der Waals surface area contributed by atoms with Gasteiger partial charge in [0.2, 0.25) is 5.91 Å². The number of nitrogens with two attached hydrogens (primary N) is 1. The van der Waals surface area contributed by atoms with Crippen molar-refractivity contribution in [2.24, 2.45) is 5.73 Å². The highest BCUT2D eigenvalue weighted by Crippen LogP contribution is 2.22. The van der Waals surface area contributed by atoms with Gasteiger partial charge in [-0.2, -0.15) is 0 Å². The summed E-state index contributed by atoms with van der Waals surface area (Å²) in [5.74, 6) is -0.447. The largest absolute Gasteiger partial charge is 0.366 e. The van der Waals surface area contributed by atoms with Crippen LogP contribution < -0.4 is 5.73 Å². The number of amides is 1. The molecule has 1 amide bonds. The lowest BCUT2D eigenvalue weighted by Crippen LogP contribution is -2.04. The van der Waals surface area contributed by atoms with E-state index in [4.69, 9.17) is 17.3 Å². The van der Waals surface area contributed by atoms with E-state index < -0.39 is 5.91 Å². The summed E-state index contributed by atoms with van der Waals surface area (Å²) in [4.78, 5) is 10.6. The number of carbonyl (C=O) groups excluding carboxylic acids is 1. The van der Waals surface area contributed by atoms with Crippen LogP contribution in [-0.2, 0) is 4.79 Å². The Labute approximate surface area is 111 Å². The van der Waals surface area contributed by atoms with Crippen LogP contribution >= 0.6 is 11.6 Å². The van der Waals surface area contributed by atoms with Crippen molar-refractivity contribution in [2.75, 3.05) is 0 Å². The summed E-state index contributed by atoms with van der Waals surface area (Å²) in [6.45, 7) is 0. The fourth-order valence-corrected chi connectivity index (χ4v) is 1.73. The molecule has 0 unspecified atom stereocenters. The minimum atomic E-state index is -0.447. The van der Waals surface area contributed by atoms with Gasteiger partial charge in [0.05, 0.1) is 0 Å². The maximum atomic E-state index is 10.6. The second kappa shape index (κ2) is 5.52. The van der Waals surface area contributed by atoms with Gasteiger partial charge in [-0.3, -0.25) is 4.79 Å². The highest BCUT2D eigenvalue weighted by molar-refractivity contribution is 6.30. The minimum absolute atomic E-state index is 0.447. The van der Waals surface area contributed by atoms with Crippen molar-refractivity contribution in [3.63, 3.8) is 0 Å². The van der Waals surface area contributed by atoms with E-state index in [1.807, 2.05) is 48.5 Å². The fourth-order valence-electron chi connectivity index (χ4n) is 1.61. The van der Waals surface area contributed by atoms with Crippen molar-refractivity contribution in [3.8, 4) is 11.1 Å². The van der Waals surface area contributed by atoms with Crippen LogP contribution in [-0.4, -0.2) is 5.91 Å². The van der Waals surface area contributed by atoms with Crippen LogP contribution in [0.15, 0.2) is 54.6 Å². The van der Waals surface area contributed by atoms with Gasteiger partial charge in [0, 0.05) is 11.1 Å². The van der Waals surface area contributed by atoms with Crippen LogP contribution in [0.5, 0.6) is 0 Å². The second-order valence-corrected chi connectivity index (χ2v) is 4.30. The second-order valence-electron chi connectivity index (χ2n) is 3.86. The molecule has 0 spiro atoms. The van der Waals surface area contributed by atoms with E-state index in [1.165, 1.54) is 6.08 Å². The lowest BCUT2D eigenvalue weighted by molar-refractivity contribution is -0.113. The molecule has 0 radical (unpaired) electrons. The van der Waals surface area contributed by atoms with Crippen molar-refractivity contribution in [1.82, 2.24) is 0 Å². The Morgan fingerprint density at radius 2 is 1.44 bits per heavy atom. The van der Waals surface area contributed by atoms with Crippen LogP contribution in [0.4, 0.5) is 0 Å². The van der Waals surface area contributed by atoms with Crippen molar-refractivity contribution >= 4 is 23.6 Å². The topological polar surface area (TPSA) is 43.1 Å². The molecule has 2 aromatic rings. The van der Waals surface area contributed by atoms with Gasteiger partial charge in [0.1, 0.15) is 0 Å². The monoisotopic (exact) mass is 257 g/mol. The van der Waals surface area contributed by atoms with Gasteiger partial charge in [0.25, 0.3) is 0 Å². The first-order valence-electron chi connectivity index (χ1n) is 5.49. The molecular formula is C15H12ClNO. The molecule has 2 N–H and O–H groups in total. The summed E-state index contributed by atoms with van der Waals surface area (Å²) < 4.78 is 0. The summed E-state index contributed by atoms with van der Waals surface area (Å²) in [7, 11) is 0. The lowest BCUT2D eigenvalue weighted by atomic mass is 10.0. The number of benzene rings is 2. The van der Waals surface area contributed by atoms with Gasteiger partial charge < -0.3 is 5.73 Å². The minimum Gasteiger partial charge on any atom is -0.366 e. The molecule has 90 valence electrons. The zero-order valence-electron chi connectivity index (χ0n) is 9.64. The molecule has 0 aliphatic carbocycles. The number of hydrogen-bond donors (Lipinski definition) is 1. The summed E-state index contributed by atoms with van der Waals surface area (Å²) in [6.07, 6.45) is 3.03. The molecule has 0 bridgehead atoms. The van der Waals surface area contributed by atoms with Crippen molar-refractivity contribution < 1.29 is 4.79 Å². The number of carbonyl (C=O) groups is 1. The van der Waals surface area contributed by atoms with Gasteiger partial charge in [0.15, 0.2) is 0 Å². The molecule has 2 rings (SSSR count). The van der Waals surface area contributed by atoms with E-state index in [9.17, 15) is 4.79 Å². The summed E-state index contributed by atoms with van der Waals surface area (Å²) in [6, 6.07) is 15.5. The molecule has 2 nitrogen and oxygen atoms in total. The number of halogens is 1. The van der Waals surface area contributed by atoms with E-state index in [-0.39, 0.29) is 0 Å². The van der Waals surface area contributed by atoms with Crippen LogP contribution in [0, 0.1) is 0 Å². The predicted octanol–water partition coefficient (Wildman–Crippen LogP) is 3.51. The summed E-state index contributed by atoms with van der Waals surface area (Å²) >= 11 is 5.84. The Bertz CT molecular complexity index is 570. The standard InChI is InChI=1S/C15H12ClNO/c16-14-8-6-13(7-9-14)12-4-1-11(2-5-12)3-10-15(17)18/h1-10H,(H2,17,18). The van der Waals surface area contributed by atoms with Crippen LogP contribution in [0.2, 0.25) is 5.02 Å². The maximum Gasteiger partial charge on any atom is 0.241 e. The van der Waals surface area contributed by atoms with E-state index >= 15 is 0 Å². The van der Waals surface area contributed by atoms with E-state index in [0.717, 1.165) is 21.7 Å².